The molecule has 0 aliphatic carbocycles. The molecule has 0 aliphatic heterocycles. The zero-order valence-electron chi connectivity index (χ0n) is 15.1. The van der Waals surface area contributed by atoms with Gasteiger partial charge < -0.3 is 9.47 Å². The first kappa shape index (κ1) is 19.8. The van der Waals surface area contributed by atoms with Gasteiger partial charge in [0.1, 0.15) is 12.3 Å². The molecule has 140 valence electrons. The summed E-state index contributed by atoms with van der Waals surface area (Å²) in [7, 11) is -2.71. The number of sulfonamides is 1. The normalized spacial score (nSPS) is 11.0. The van der Waals surface area contributed by atoms with Crippen LogP contribution in [0.15, 0.2) is 53.4 Å². The third-order valence-corrected chi connectivity index (χ3v) is 5.64. The van der Waals surface area contributed by atoms with Crippen LogP contribution in [-0.2, 0) is 26.0 Å². The summed E-state index contributed by atoms with van der Waals surface area (Å²) in [6.45, 7) is 3.95. The number of nitrogens with zero attached hydrogens (tertiary/aromatic N) is 1. The molecule has 0 amide bonds. The minimum absolute atomic E-state index is 0.0735. The molecule has 0 unspecified atom stereocenters. The number of hydrogen-bond acceptors (Lipinski definition) is 5. The zero-order valence-corrected chi connectivity index (χ0v) is 16.0. The number of ether oxygens (including phenoxy) is 2. The van der Waals surface area contributed by atoms with E-state index in [1.54, 1.807) is 24.3 Å². The van der Waals surface area contributed by atoms with Crippen LogP contribution in [0.25, 0.3) is 0 Å². The predicted octanol–water partition coefficient (Wildman–Crippen LogP) is 3.02. The van der Waals surface area contributed by atoms with E-state index >= 15 is 0 Å². The third-order valence-electron chi connectivity index (χ3n) is 3.86. The maximum atomic E-state index is 13.1. The SMILES string of the molecule is CCOc1ccc(S(=O)(=O)N(CC(=O)OC)c2ccc(CC)cc2)cc1. The Morgan fingerprint density at radius 2 is 1.62 bits per heavy atom. The lowest BCUT2D eigenvalue weighted by atomic mass is 10.1. The highest BCUT2D eigenvalue weighted by Crippen LogP contribution is 2.25. The summed E-state index contributed by atoms with van der Waals surface area (Å²) in [6.07, 6.45) is 0.836. The van der Waals surface area contributed by atoms with E-state index in [0.717, 1.165) is 16.3 Å². The summed E-state index contributed by atoms with van der Waals surface area (Å²) in [5.41, 5.74) is 1.48. The van der Waals surface area contributed by atoms with Crippen LogP contribution < -0.4 is 9.04 Å². The molecule has 26 heavy (non-hydrogen) atoms. The maximum Gasteiger partial charge on any atom is 0.326 e. The summed E-state index contributed by atoms with van der Waals surface area (Å²) in [6, 6.07) is 13.2. The Hall–Kier alpha value is -2.54. The lowest BCUT2D eigenvalue weighted by Crippen LogP contribution is -2.36. The molecule has 0 bridgehead atoms. The fourth-order valence-electron chi connectivity index (χ4n) is 2.40. The van der Waals surface area contributed by atoms with Gasteiger partial charge in [-0.05, 0) is 55.3 Å². The second-order valence-electron chi connectivity index (χ2n) is 5.51. The van der Waals surface area contributed by atoms with E-state index in [1.165, 1.54) is 19.2 Å². The smallest absolute Gasteiger partial charge is 0.326 e. The lowest BCUT2D eigenvalue weighted by Gasteiger charge is -2.23. The van der Waals surface area contributed by atoms with Crippen LogP contribution in [-0.4, -0.2) is 34.6 Å². The molecular formula is C19H23NO5S. The predicted molar refractivity (Wildman–Crippen MR) is 100.0 cm³/mol. The number of carbonyl (C=O) groups is 1. The van der Waals surface area contributed by atoms with Gasteiger partial charge in [0, 0.05) is 0 Å². The first-order valence-electron chi connectivity index (χ1n) is 8.33. The second kappa shape index (κ2) is 8.71. The van der Waals surface area contributed by atoms with Crippen molar-refractivity contribution >= 4 is 21.7 Å². The summed E-state index contributed by atoms with van der Waals surface area (Å²) in [5.74, 6) is -0.0580. The van der Waals surface area contributed by atoms with Crippen molar-refractivity contribution in [3.05, 3.63) is 54.1 Å². The molecule has 2 rings (SSSR count). The molecule has 0 heterocycles. The number of hydrogen-bond donors (Lipinski definition) is 0. The van der Waals surface area contributed by atoms with Crippen LogP contribution in [0.4, 0.5) is 5.69 Å². The van der Waals surface area contributed by atoms with Gasteiger partial charge in [-0.3, -0.25) is 9.10 Å². The molecule has 0 saturated heterocycles. The number of esters is 1. The molecule has 0 spiro atoms. The van der Waals surface area contributed by atoms with Crippen molar-refractivity contribution in [3.8, 4) is 5.75 Å². The average molecular weight is 377 g/mol. The van der Waals surface area contributed by atoms with Crippen molar-refractivity contribution in [2.24, 2.45) is 0 Å². The quantitative estimate of drug-likeness (QED) is 0.661. The first-order valence-corrected chi connectivity index (χ1v) is 9.77. The molecule has 6 nitrogen and oxygen atoms in total. The summed E-state index contributed by atoms with van der Waals surface area (Å²) < 4.78 is 37.2. The lowest BCUT2D eigenvalue weighted by molar-refractivity contribution is -0.138. The van der Waals surface area contributed by atoms with E-state index in [0.29, 0.717) is 18.0 Å². The summed E-state index contributed by atoms with van der Waals surface area (Å²) in [4.78, 5) is 11.9. The number of anilines is 1. The van der Waals surface area contributed by atoms with E-state index < -0.39 is 22.5 Å². The van der Waals surface area contributed by atoms with Crippen LogP contribution in [0, 0.1) is 0 Å². The van der Waals surface area contributed by atoms with Crippen molar-refractivity contribution in [1.29, 1.82) is 0 Å². The number of carbonyl (C=O) groups excluding carboxylic acids is 1. The molecule has 2 aromatic rings. The van der Waals surface area contributed by atoms with Crippen LogP contribution >= 0.6 is 0 Å². The molecule has 7 heteroatoms. The zero-order chi connectivity index (χ0) is 19.2. The van der Waals surface area contributed by atoms with Gasteiger partial charge in [-0.1, -0.05) is 19.1 Å². The molecule has 2 aromatic carbocycles. The monoisotopic (exact) mass is 377 g/mol. The van der Waals surface area contributed by atoms with Crippen molar-refractivity contribution in [3.63, 3.8) is 0 Å². The topological polar surface area (TPSA) is 72.9 Å². The number of methoxy groups -OCH3 is 1. The van der Waals surface area contributed by atoms with Crippen LogP contribution in [0.1, 0.15) is 19.4 Å². The van der Waals surface area contributed by atoms with Gasteiger partial charge in [0.25, 0.3) is 10.0 Å². The Balaban J connectivity index is 2.42. The molecule has 0 fully saturated rings. The second-order valence-corrected chi connectivity index (χ2v) is 7.37. The van der Waals surface area contributed by atoms with Gasteiger partial charge in [0.2, 0.25) is 0 Å². The Morgan fingerprint density at radius 1 is 1.00 bits per heavy atom. The number of benzene rings is 2. The van der Waals surface area contributed by atoms with Gasteiger partial charge in [-0.15, -0.1) is 0 Å². The maximum absolute atomic E-state index is 13.1. The highest BCUT2D eigenvalue weighted by molar-refractivity contribution is 7.92. The molecule has 0 N–H and O–H groups in total. The Morgan fingerprint density at radius 3 is 2.12 bits per heavy atom. The van der Waals surface area contributed by atoms with Gasteiger partial charge in [-0.2, -0.15) is 0 Å². The minimum Gasteiger partial charge on any atom is -0.494 e. The summed E-state index contributed by atoms with van der Waals surface area (Å²) >= 11 is 0. The van der Waals surface area contributed by atoms with Crippen LogP contribution in [0.3, 0.4) is 0 Å². The van der Waals surface area contributed by atoms with E-state index in [-0.39, 0.29) is 4.90 Å². The number of aryl methyl sites for hydroxylation is 1. The Bertz CT molecular complexity index is 829. The Kier molecular flexibility index (Phi) is 6.63. The van der Waals surface area contributed by atoms with Crippen LogP contribution in [0.5, 0.6) is 5.75 Å². The Labute approximate surface area is 154 Å². The molecule has 0 aromatic heterocycles. The summed E-state index contributed by atoms with van der Waals surface area (Å²) in [5, 5.41) is 0. The van der Waals surface area contributed by atoms with Crippen molar-refractivity contribution in [1.82, 2.24) is 0 Å². The molecule has 0 radical (unpaired) electrons. The molecule has 0 aliphatic rings. The highest BCUT2D eigenvalue weighted by Gasteiger charge is 2.27. The van der Waals surface area contributed by atoms with Crippen molar-refractivity contribution in [2.45, 2.75) is 25.2 Å². The van der Waals surface area contributed by atoms with Crippen LogP contribution in [0.2, 0.25) is 0 Å². The van der Waals surface area contributed by atoms with Gasteiger partial charge in [-0.25, -0.2) is 8.42 Å². The molecule has 0 saturated carbocycles. The fraction of sp³-hybridized carbons (Fsp3) is 0.316. The molecule has 0 atom stereocenters. The fourth-order valence-corrected chi connectivity index (χ4v) is 3.81. The first-order chi connectivity index (χ1) is 12.4. The average Bonchev–Trinajstić information content (AvgIpc) is 2.66. The highest BCUT2D eigenvalue weighted by atomic mass is 32.2. The largest absolute Gasteiger partial charge is 0.494 e. The third kappa shape index (κ3) is 4.54. The van der Waals surface area contributed by atoms with Gasteiger partial charge in [0.15, 0.2) is 0 Å². The van der Waals surface area contributed by atoms with E-state index in [2.05, 4.69) is 4.74 Å². The van der Waals surface area contributed by atoms with Crippen molar-refractivity contribution < 1.29 is 22.7 Å². The van der Waals surface area contributed by atoms with Crippen molar-refractivity contribution in [2.75, 3.05) is 24.6 Å². The minimum atomic E-state index is -3.93. The van der Waals surface area contributed by atoms with E-state index in [1.807, 2.05) is 26.0 Å². The standard InChI is InChI=1S/C19H23NO5S/c1-4-15-6-8-16(9-7-15)20(14-19(21)24-3)26(22,23)18-12-10-17(11-13-18)25-5-2/h6-13H,4-5,14H2,1-3H3. The van der Waals surface area contributed by atoms with Gasteiger partial charge in [0.05, 0.1) is 24.3 Å². The molecular weight excluding hydrogens is 354 g/mol. The van der Waals surface area contributed by atoms with Gasteiger partial charge >= 0.3 is 5.97 Å². The van der Waals surface area contributed by atoms with E-state index in [9.17, 15) is 13.2 Å². The van der Waals surface area contributed by atoms with E-state index in [4.69, 9.17) is 4.74 Å². The number of rotatable bonds is 8.